The van der Waals surface area contributed by atoms with Gasteiger partial charge in [0.05, 0.1) is 9.79 Å². The van der Waals surface area contributed by atoms with Crippen LogP contribution in [0.15, 0.2) is 131 Å². The van der Waals surface area contributed by atoms with E-state index in [-0.39, 0.29) is 5.41 Å². The van der Waals surface area contributed by atoms with Crippen LogP contribution >= 0.6 is 0 Å². The Morgan fingerprint density at radius 2 is 1.05 bits per heavy atom. The van der Waals surface area contributed by atoms with Crippen LogP contribution in [0.5, 0.6) is 0 Å². The van der Waals surface area contributed by atoms with Gasteiger partial charge in [-0.3, -0.25) is 0 Å². The van der Waals surface area contributed by atoms with Crippen LogP contribution in [0.3, 0.4) is 0 Å². The average molecular weight is 511 g/mol. The molecule has 0 spiro atoms. The Bertz CT molecular complexity index is 1980. The molecule has 0 saturated carbocycles. The molecule has 0 amide bonds. The first kappa shape index (κ1) is 22.9. The number of hydrogen-bond donors (Lipinski definition) is 0. The highest BCUT2D eigenvalue weighted by Crippen LogP contribution is 2.53. The Morgan fingerprint density at radius 1 is 0.500 bits per heavy atom. The molecule has 6 aromatic carbocycles. The molecule has 7 rings (SSSR count). The molecule has 0 N–H and O–H groups in total. The third kappa shape index (κ3) is 3.15. The SMILES string of the molecule is CC1(C)c2ccccc2-c2c3ccccc3c(-c3ccc(S(=O)(=O)c4ccccc4)cc3)c3cccc1c23. The quantitative estimate of drug-likeness (QED) is 0.223. The second-order valence-corrected chi connectivity index (χ2v) is 12.5. The highest BCUT2D eigenvalue weighted by atomic mass is 32.2. The predicted molar refractivity (Wildman–Crippen MR) is 156 cm³/mol. The number of sulfone groups is 1. The van der Waals surface area contributed by atoms with E-state index in [0.29, 0.717) is 9.79 Å². The van der Waals surface area contributed by atoms with Gasteiger partial charge in [-0.2, -0.15) is 0 Å². The van der Waals surface area contributed by atoms with Crippen molar-refractivity contribution in [3.05, 3.63) is 132 Å². The Morgan fingerprint density at radius 3 is 1.79 bits per heavy atom. The molecule has 1 aliphatic carbocycles. The number of hydrogen-bond acceptors (Lipinski definition) is 2. The standard InChI is InChI=1S/C35H26O2S/c1-35(2)30-17-9-8-15-28(30)33-27-14-7-6-13-26(27)32(29-16-10-18-31(35)34(29)33)23-19-21-25(22-20-23)38(36,37)24-11-4-3-5-12-24/h3-22H,1-2H3. The van der Waals surface area contributed by atoms with E-state index in [1.165, 1.54) is 43.8 Å². The van der Waals surface area contributed by atoms with E-state index in [0.717, 1.165) is 11.1 Å². The van der Waals surface area contributed by atoms with Gasteiger partial charge in [-0.1, -0.05) is 111 Å². The molecule has 38 heavy (non-hydrogen) atoms. The van der Waals surface area contributed by atoms with E-state index in [1.807, 2.05) is 18.2 Å². The first-order valence-electron chi connectivity index (χ1n) is 12.9. The van der Waals surface area contributed by atoms with Crippen LogP contribution in [0.2, 0.25) is 0 Å². The molecule has 2 nitrogen and oxygen atoms in total. The van der Waals surface area contributed by atoms with Crippen LogP contribution in [0.1, 0.15) is 25.0 Å². The van der Waals surface area contributed by atoms with Gasteiger partial charge in [-0.25, -0.2) is 8.42 Å². The highest BCUT2D eigenvalue weighted by Gasteiger charge is 2.34. The molecule has 1 aliphatic rings. The molecular weight excluding hydrogens is 484 g/mol. The summed E-state index contributed by atoms with van der Waals surface area (Å²) in [5.41, 5.74) is 7.23. The summed E-state index contributed by atoms with van der Waals surface area (Å²) in [7, 11) is -3.58. The van der Waals surface area contributed by atoms with Gasteiger partial charge in [0.1, 0.15) is 0 Å². The van der Waals surface area contributed by atoms with Crippen LogP contribution in [0.25, 0.3) is 43.8 Å². The zero-order valence-corrected chi connectivity index (χ0v) is 22.1. The molecular formula is C35H26O2S. The first-order chi connectivity index (χ1) is 18.4. The maximum atomic E-state index is 13.2. The van der Waals surface area contributed by atoms with Crippen LogP contribution in [-0.2, 0) is 15.3 Å². The molecule has 0 aromatic heterocycles. The molecule has 0 atom stereocenters. The van der Waals surface area contributed by atoms with Crippen molar-refractivity contribution in [2.24, 2.45) is 0 Å². The number of fused-ring (bicyclic) bond motifs is 4. The second kappa shape index (κ2) is 8.14. The van der Waals surface area contributed by atoms with Gasteiger partial charge in [-0.15, -0.1) is 0 Å². The minimum atomic E-state index is -3.58. The zero-order valence-electron chi connectivity index (χ0n) is 21.3. The summed E-state index contributed by atoms with van der Waals surface area (Å²) in [6, 6.07) is 40.0. The molecule has 0 radical (unpaired) electrons. The van der Waals surface area contributed by atoms with E-state index < -0.39 is 9.84 Å². The van der Waals surface area contributed by atoms with Gasteiger partial charge in [0.25, 0.3) is 0 Å². The van der Waals surface area contributed by atoms with E-state index in [1.54, 1.807) is 36.4 Å². The summed E-state index contributed by atoms with van der Waals surface area (Å²) >= 11 is 0. The Hall–Kier alpha value is -4.21. The minimum Gasteiger partial charge on any atom is -0.219 e. The Labute approximate surface area is 223 Å². The number of benzene rings is 6. The van der Waals surface area contributed by atoms with Gasteiger partial charge >= 0.3 is 0 Å². The van der Waals surface area contributed by atoms with Gasteiger partial charge in [0.2, 0.25) is 9.84 Å². The topological polar surface area (TPSA) is 34.1 Å². The van der Waals surface area contributed by atoms with Crippen LogP contribution in [0.4, 0.5) is 0 Å². The second-order valence-electron chi connectivity index (χ2n) is 10.5. The van der Waals surface area contributed by atoms with E-state index in [9.17, 15) is 8.42 Å². The first-order valence-corrected chi connectivity index (χ1v) is 14.4. The summed E-state index contributed by atoms with van der Waals surface area (Å²) in [4.78, 5) is 0.607. The maximum absolute atomic E-state index is 13.2. The van der Waals surface area contributed by atoms with Crippen molar-refractivity contribution in [3.63, 3.8) is 0 Å². The molecule has 0 saturated heterocycles. The fraction of sp³-hybridized carbons (Fsp3) is 0.0857. The zero-order chi connectivity index (χ0) is 26.1. The fourth-order valence-electron chi connectivity index (χ4n) is 6.27. The molecule has 0 fully saturated rings. The summed E-state index contributed by atoms with van der Waals surface area (Å²) in [5, 5.41) is 4.86. The monoisotopic (exact) mass is 510 g/mol. The van der Waals surface area contributed by atoms with E-state index in [2.05, 4.69) is 80.6 Å². The normalized spacial score (nSPS) is 13.9. The Balaban J connectivity index is 1.53. The summed E-state index contributed by atoms with van der Waals surface area (Å²) in [5.74, 6) is 0. The molecule has 0 heterocycles. The third-order valence-electron chi connectivity index (χ3n) is 8.10. The van der Waals surface area contributed by atoms with Gasteiger partial charge in [-0.05, 0) is 79.2 Å². The lowest BCUT2D eigenvalue weighted by atomic mass is 9.67. The molecule has 184 valence electrons. The van der Waals surface area contributed by atoms with Gasteiger partial charge in [0, 0.05) is 5.41 Å². The molecule has 0 aliphatic heterocycles. The largest absolute Gasteiger partial charge is 0.219 e. The fourth-order valence-corrected chi connectivity index (χ4v) is 7.55. The third-order valence-corrected chi connectivity index (χ3v) is 9.88. The van der Waals surface area contributed by atoms with Crippen molar-refractivity contribution < 1.29 is 8.42 Å². The molecule has 0 unspecified atom stereocenters. The van der Waals surface area contributed by atoms with E-state index in [4.69, 9.17) is 0 Å². The van der Waals surface area contributed by atoms with Crippen molar-refractivity contribution in [2.45, 2.75) is 29.1 Å². The highest BCUT2D eigenvalue weighted by molar-refractivity contribution is 7.91. The summed E-state index contributed by atoms with van der Waals surface area (Å²) in [6.07, 6.45) is 0. The molecule has 3 heteroatoms. The molecule has 0 bridgehead atoms. The van der Waals surface area contributed by atoms with Gasteiger partial charge < -0.3 is 0 Å². The molecule has 6 aromatic rings. The van der Waals surface area contributed by atoms with Crippen LogP contribution < -0.4 is 0 Å². The lowest BCUT2D eigenvalue weighted by Gasteiger charge is -2.36. The average Bonchev–Trinajstić information content (AvgIpc) is 2.95. The van der Waals surface area contributed by atoms with Crippen LogP contribution in [0, 0.1) is 0 Å². The summed E-state index contributed by atoms with van der Waals surface area (Å²) in [6.45, 7) is 4.61. The lowest BCUT2D eigenvalue weighted by Crippen LogP contribution is -2.23. The van der Waals surface area contributed by atoms with Crippen molar-refractivity contribution >= 4 is 31.4 Å². The van der Waals surface area contributed by atoms with Crippen LogP contribution in [-0.4, -0.2) is 8.42 Å². The predicted octanol–water partition coefficient (Wildman–Crippen LogP) is 8.80. The summed E-state index contributed by atoms with van der Waals surface area (Å²) < 4.78 is 26.5. The smallest absolute Gasteiger partial charge is 0.206 e. The maximum Gasteiger partial charge on any atom is 0.206 e. The van der Waals surface area contributed by atoms with Crippen molar-refractivity contribution in [3.8, 4) is 22.3 Å². The van der Waals surface area contributed by atoms with Crippen molar-refractivity contribution in [2.75, 3.05) is 0 Å². The number of rotatable bonds is 3. The lowest BCUT2D eigenvalue weighted by molar-refractivity contribution is 0.596. The van der Waals surface area contributed by atoms with Crippen molar-refractivity contribution in [1.29, 1.82) is 0 Å². The minimum absolute atomic E-state index is 0.142. The van der Waals surface area contributed by atoms with E-state index >= 15 is 0 Å². The van der Waals surface area contributed by atoms with Crippen molar-refractivity contribution in [1.82, 2.24) is 0 Å². The Kier molecular flexibility index (Phi) is 4.92. The van der Waals surface area contributed by atoms with Gasteiger partial charge in [0.15, 0.2) is 0 Å².